The third kappa shape index (κ3) is 2.83. The first-order valence-corrected chi connectivity index (χ1v) is 8.64. The van der Waals surface area contributed by atoms with Gasteiger partial charge in [-0.1, -0.05) is 6.92 Å². The number of carbonyl (C=O) groups excluding carboxylic acids is 1. The van der Waals surface area contributed by atoms with E-state index in [0.29, 0.717) is 5.92 Å². The van der Waals surface area contributed by atoms with Gasteiger partial charge in [0.15, 0.2) is 5.17 Å². The molecule has 5 heteroatoms. The summed E-state index contributed by atoms with van der Waals surface area (Å²) in [6.07, 6.45) is 4.45. The smallest absolute Gasteiger partial charge is 0.286 e. The quantitative estimate of drug-likeness (QED) is 0.741. The molecule has 1 amide bonds. The van der Waals surface area contributed by atoms with Crippen LogP contribution < -0.4 is 0 Å². The number of amides is 1. The normalized spacial score (nSPS) is 25.4. The monoisotopic (exact) mass is 306 g/mol. The molecule has 0 aromatic carbocycles. The maximum Gasteiger partial charge on any atom is 0.286 e. The van der Waals surface area contributed by atoms with Crippen molar-refractivity contribution in [3.05, 3.63) is 26.8 Å². The second-order valence-corrected chi connectivity index (χ2v) is 7.43. The molecule has 20 heavy (non-hydrogen) atoms. The molecule has 1 aromatic heterocycles. The lowest BCUT2D eigenvalue weighted by molar-refractivity contribution is -0.113. The summed E-state index contributed by atoms with van der Waals surface area (Å²) in [6.45, 7) is 6.38. The number of thioether (sulfide) groups is 1. The molecule has 1 fully saturated rings. The van der Waals surface area contributed by atoms with Crippen molar-refractivity contribution in [1.29, 1.82) is 0 Å². The third-order valence-electron chi connectivity index (χ3n) is 3.70. The SMILES string of the molecule is Cc1ccsc1/C=C1\SC(N2CCC[C@@H](C)C2)=NC1=O. The van der Waals surface area contributed by atoms with Crippen LogP contribution >= 0.6 is 23.1 Å². The maximum atomic E-state index is 12.0. The van der Waals surface area contributed by atoms with Crippen LogP contribution in [-0.2, 0) is 4.79 Å². The van der Waals surface area contributed by atoms with Gasteiger partial charge >= 0.3 is 0 Å². The molecule has 0 spiro atoms. The standard InChI is InChI=1S/C15H18N2OS2/c1-10-4-3-6-17(9-10)15-16-14(18)13(20-15)8-12-11(2)5-7-19-12/h5,7-8,10H,3-4,6,9H2,1-2H3/b13-8-/t10-/m1/s1. The van der Waals surface area contributed by atoms with Crippen molar-refractivity contribution >= 4 is 40.2 Å². The number of aryl methyl sites for hydroxylation is 1. The molecule has 2 aliphatic rings. The van der Waals surface area contributed by atoms with E-state index in [1.807, 2.05) is 6.08 Å². The van der Waals surface area contributed by atoms with E-state index in [9.17, 15) is 4.79 Å². The zero-order valence-electron chi connectivity index (χ0n) is 11.8. The molecule has 2 aliphatic heterocycles. The van der Waals surface area contributed by atoms with Crippen molar-refractivity contribution in [2.24, 2.45) is 10.9 Å². The minimum absolute atomic E-state index is 0.0870. The number of nitrogens with zero attached hydrogens (tertiary/aromatic N) is 2. The first-order chi connectivity index (χ1) is 9.63. The van der Waals surface area contributed by atoms with Gasteiger partial charge < -0.3 is 4.90 Å². The van der Waals surface area contributed by atoms with Crippen LogP contribution in [0.4, 0.5) is 0 Å². The summed E-state index contributed by atoms with van der Waals surface area (Å²) in [5.74, 6) is 0.603. The van der Waals surface area contributed by atoms with Gasteiger partial charge in [-0.15, -0.1) is 11.3 Å². The van der Waals surface area contributed by atoms with E-state index in [2.05, 4.69) is 35.2 Å². The Kier molecular flexibility index (Phi) is 3.98. The molecular weight excluding hydrogens is 288 g/mol. The number of amidine groups is 1. The molecule has 1 aromatic rings. The predicted molar refractivity (Wildman–Crippen MR) is 87.0 cm³/mol. The molecule has 3 rings (SSSR count). The first-order valence-electron chi connectivity index (χ1n) is 6.95. The Labute approximate surface area is 127 Å². The fourth-order valence-corrected chi connectivity index (χ4v) is 4.41. The molecule has 0 unspecified atom stereocenters. The Hall–Kier alpha value is -1.07. The van der Waals surface area contributed by atoms with Gasteiger partial charge in [0.2, 0.25) is 0 Å². The molecule has 0 saturated carbocycles. The van der Waals surface area contributed by atoms with Crippen LogP contribution in [0.25, 0.3) is 6.08 Å². The Balaban J connectivity index is 1.75. The van der Waals surface area contributed by atoms with Crippen LogP contribution in [0.2, 0.25) is 0 Å². The number of hydrogen-bond acceptors (Lipinski definition) is 4. The number of hydrogen-bond donors (Lipinski definition) is 0. The number of likely N-dealkylation sites (tertiary alicyclic amines) is 1. The number of piperidine rings is 1. The van der Waals surface area contributed by atoms with Gasteiger partial charge in [0.25, 0.3) is 5.91 Å². The topological polar surface area (TPSA) is 32.7 Å². The van der Waals surface area contributed by atoms with Crippen LogP contribution in [0.3, 0.4) is 0 Å². The van der Waals surface area contributed by atoms with Crippen molar-refractivity contribution in [2.75, 3.05) is 13.1 Å². The van der Waals surface area contributed by atoms with E-state index in [1.165, 1.54) is 30.2 Å². The fourth-order valence-electron chi connectivity index (χ4n) is 2.55. The Morgan fingerprint density at radius 2 is 2.35 bits per heavy atom. The minimum Gasteiger partial charge on any atom is -0.351 e. The predicted octanol–water partition coefficient (Wildman–Crippen LogP) is 3.76. The van der Waals surface area contributed by atoms with Crippen molar-refractivity contribution in [3.8, 4) is 0 Å². The third-order valence-corrected chi connectivity index (χ3v) is 5.71. The van der Waals surface area contributed by atoms with Crippen molar-refractivity contribution < 1.29 is 4.79 Å². The molecular formula is C15H18N2OS2. The van der Waals surface area contributed by atoms with Crippen molar-refractivity contribution in [2.45, 2.75) is 26.7 Å². The van der Waals surface area contributed by atoms with Gasteiger partial charge in [0.05, 0.1) is 4.91 Å². The molecule has 3 heterocycles. The first kappa shape index (κ1) is 13.9. The van der Waals surface area contributed by atoms with E-state index in [0.717, 1.165) is 28.0 Å². The highest BCUT2D eigenvalue weighted by Crippen LogP contribution is 2.33. The van der Waals surface area contributed by atoms with Crippen LogP contribution in [0.1, 0.15) is 30.2 Å². The highest BCUT2D eigenvalue weighted by Gasteiger charge is 2.28. The van der Waals surface area contributed by atoms with Gasteiger partial charge in [-0.2, -0.15) is 4.99 Å². The number of rotatable bonds is 1. The molecule has 1 atom stereocenters. The second-order valence-electron chi connectivity index (χ2n) is 5.47. The average Bonchev–Trinajstić information content (AvgIpc) is 2.98. The largest absolute Gasteiger partial charge is 0.351 e. The fraction of sp³-hybridized carbons (Fsp3) is 0.467. The Morgan fingerprint density at radius 1 is 1.50 bits per heavy atom. The van der Waals surface area contributed by atoms with Crippen LogP contribution in [0, 0.1) is 12.8 Å². The van der Waals surface area contributed by atoms with E-state index >= 15 is 0 Å². The zero-order chi connectivity index (χ0) is 14.1. The van der Waals surface area contributed by atoms with Crippen LogP contribution in [0.5, 0.6) is 0 Å². The zero-order valence-corrected chi connectivity index (χ0v) is 13.4. The molecule has 0 N–H and O–H groups in total. The van der Waals surface area contributed by atoms with Crippen molar-refractivity contribution in [3.63, 3.8) is 0 Å². The van der Waals surface area contributed by atoms with Gasteiger partial charge in [-0.05, 0) is 60.5 Å². The summed E-state index contributed by atoms with van der Waals surface area (Å²) in [7, 11) is 0. The lowest BCUT2D eigenvalue weighted by Crippen LogP contribution is -2.37. The van der Waals surface area contributed by atoms with E-state index in [4.69, 9.17) is 0 Å². The van der Waals surface area contributed by atoms with Gasteiger partial charge in [0.1, 0.15) is 0 Å². The Bertz CT molecular complexity index is 588. The van der Waals surface area contributed by atoms with E-state index < -0.39 is 0 Å². The highest BCUT2D eigenvalue weighted by atomic mass is 32.2. The van der Waals surface area contributed by atoms with Crippen LogP contribution in [0.15, 0.2) is 21.3 Å². The molecule has 0 aliphatic carbocycles. The minimum atomic E-state index is -0.0870. The molecule has 3 nitrogen and oxygen atoms in total. The van der Waals surface area contributed by atoms with Gasteiger partial charge in [-0.25, -0.2) is 0 Å². The number of thiophene rings is 1. The molecule has 0 bridgehead atoms. The summed E-state index contributed by atoms with van der Waals surface area (Å²) in [6, 6.07) is 2.08. The Morgan fingerprint density at radius 3 is 3.05 bits per heavy atom. The van der Waals surface area contributed by atoms with E-state index in [-0.39, 0.29) is 5.91 Å². The summed E-state index contributed by atoms with van der Waals surface area (Å²) < 4.78 is 0. The summed E-state index contributed by atoms with van der Waals surface area (Å²) in [5, 5.41) is 2.95. The number of aliphatic imine (C=N–C) groups is 1. The molecule has 1 saturated heterocycles. The summed E-state index contributed by atoms with van der Waals surface area (Å²) in [5.41, 5.74) is 1.22. The lowest BCUT2D eigenvalue weighted by Gasteiger charge is -2.31. The van der Waals surface area contributed by atoms with E-state index in [1.54, 1.807) is 11.3 Å². The number of carbonyl (C=O) groups is 1. The van der Waals surface area contributed by atoms with Crippen LogP contribution in [-0.4, -0.2) is 29.1 Å². The van der Waals surface area contributed by atoms with Crippen molar-refractivity contribution in [1.82, 2.24) is 4.90 Å². The average molecular weight is 306 g/mol. The highest BCUT2D eigenvalue weighted by molar-refractivity contribution is 8.18. The van der Waals surface area contributed by atoms with Gasteiger partial charge in [0, 0.05) is 18.0 Å². The molecule has 0 radical (unpaired) electrons. The summed E-state index contributed by atoms with van der Waals surface area (Å²) >= 11 is 3.20. The summed E-state index contributed by atoms with van der Waals surface area (Å²) in [4.78, 5) is 20.5. The van der Waals surface area contributed by atoms with Gasteiger partial charge in [-0.3, -0.25) is 4.79 Å². The maximum absolute atomic E-state index is 12.0. The second kappa shape index (κ2) is 5.74. The lowest BCUT2D eigenvalue weighted by atomic mass is 10.0. The molecule has 106 valence electrons.